The van der Waals surface area contributed by atoms with Crippen molar-refractivity contribution in [1.82, 2.24) is 10.2 Å². The minimum atomic E-state index is -3.62. The van der Waals surface area contributed by atoms with Crippen LogP contribution in [-0.2, 0) is 26.2 Å². The molecule has 1 N–H and O–H groups in total. The van der Waals surface area contributed by atoms with E-state index in [9.17, 15) is 18.0 Å². The fourth-order valence-electron chi connectivity index (χ4n) is 3.86. The zero-order valence-corrected chi connectivity index (χ0v) is 24.8. The summed E-state index contributed by atoms with van der Waals surface area (Å²) in [5.41, 5.74) is 0.463. The van der Waals surface area contributed by atoms with Crippen LogP contribution in [0.3, 0.4) is 0 Å². The van der Waals surface area contributed by atoms with E-state index >= 15 is 0 Å². The lowest BCUT2D eigenvalue weighted by Crippen LogP contribution is -2.53. The second kappa shape index (κ2) is 13.2. The Balaban J connectivity index is 2.30. The Hall–Kier alpha value is -2.00. The van der Waals surface area contributed by atoms with E-state index in [1.54, 1.807) is 42.5 Å². The van der Waals surface area contributed by atoms with Gasteiger partial charge in [0.25, 0.3) is 0 Å². The number of anilines is 1. The molecule has 1 atom stereocenters. The second-order valence-electron chi connectivity index (χ2n) is 9.80. The first kappa shape index (κ1) is 31.2. The van der Waals surface area contributed by atoms with Crippen molar-refractivity contribution < 1.29 is 18.0 Å². The van der Waals surface area contributed by atoms with E-state index in [0.29, 0.717) is 32.7 Å². The van der Waals surface area contributed by atoms with Crippen LogP contribution in [0.25, 0.3) is 0 Å². The van der Waals surface area contributed by atoms with Gasteiger partial charge in [-0.15, -0.1) is 0 Å². The molecule has 2 rings (SSSR count). The predicted octanol–water partition coefficient (Wildman–Crippen LogP) is 5.92. The minimum absolute atomic E-state index is 0.00789. The van der Waals surface area contributed by atoms with Gasteiger partial charge in [0.05, 0.1) is 11.9 Å². The molecule has 0 aliphatic heterocycles. The largest absolute Gasteiger partial charge is 0.350 e. The molecule has 0 radical (unpaired) electrons. The van der Waals surface area contributed by atoms with Gasteiger partial charge >= 0.3 is 0 Å². The highest BCUT2D eigenvalue weighted by Crippen LogP contribution is 2.28. The topological polar surface area (TPSA) is 86.8 Å². The van der Waals surface area contributed by atoms with Gasteiger partial charge in [0.2, 0.25) is 21.8 Å². The van der Waals surface area contributed by atoms with Crippen molar-refractivity contribution in [2.24, 2.45) is 0 Å². The molecule has 37 heavy (non-hydrogen) atoms. The van der Waals surface area contributed by atoms with Crippen molar-refractivity contribution in [2.45, 2.75) is 65.1 Å². The molecular formula is C26H34Cl3N3O4S. The molecule has 11 heteroatoms. The molecule has 204 valence electrons. The highest BCUT2D eigenvalue weighted by molar-refractivity contribution is 7.92. The van der Waals surface area contributed by atoms with Gasteiger partial charge in [-0.25, -0.2) is 8.42 Å². The predicted molar refractivity (Wildman–Crippen MR) is 152 cm³/mol. The SMILES string of the molecule is CCC(C(=O)NC(C)(C)C)N(Cc1c(Cl)cccc1Cl)C(=O)CCCN(c1cccc(Cl)c1)S(C)(=O)=O. The fourth-order valence-corrected chi connectivity index (χ4v) is 5.52. The Bertz CT molecular complexity index is 1200. The van der Waals surface area contributed by atoms with Gasteiger partial charge < -0.3 is 10.2 Å². The normalized spacial score (nSPS) is 12.6. The molecule has 0 aliphatic rings. The monoisotopic (exact) mass is 589 g/mol. The van der Waals surface area contributed by atoms with Crippen molar-refractivity contribution in [3.8, 4) is 0 Å². The first-order chi connectivity index (χ1) is 17.1. The number of nitrogens with one attached hydrogen (secondary N) is 1. The molecule has 2 amide bonds. The molecule has 1 unspecified atom stereocenters. The van der Waals surface area contributed by atoms with Gasteiger partial charge in [-0.1, -0.05) is 53.9 Å². The number of hydrogen-bond donors (Lipinski definition) is 1. The Morgan fingerprint density at radius 3 is 2.14 bits per heavy atom. The first-order valence-electron chi connectivity index (χ1n) is 11.9. The van der Waals surface area contributed by atoms with Gasteiger partial charge in [0.1, 0.15) is 6.04 Å². The van der Waals surface area contributed by atoms with Crippen LogP contribution in [0.15, 0.2) is 42.5 Å². The molecule has 7 nitrogen and oxygen atoms in total. The lowest BCUT2D eigenvalue weighted by molar-refractivity contribution is -0.142. The number of rotatable bonds is 11. The average Bonchev–Trinajstić information content (AvgIpc) is 2.76. The van der Waals surface area contributed by atoms with Gasteiger partial charge in [0.15, 0.2) is 0 Å². The van der Waals surface area contributed by atoms with Crippen LogP contribution in [-0.4, -0.2) is 49.5 Å². The quantitative estimate of drug-likeness (QED) is 0.352. The van der Waals surface area contributed by atoms with E-state index in [1.807, 2.05) is 27.7 Å². The molecule has 2 aromatic carbocycles. The van der Waals surface area contributed by atoms with Gasteiger partial charge in [0, 0.05) is 45.7 Å². The Labute approximate surface area is 235 Å². The third-order valence-electron chi connectivity index (χ3n) is 5.52. The lowest BCUT2D eigenvalue weighted by atomic mass is 10.0. The standard InChI is InChI=1S/C26H34Cl3N3O4S/c1-6-23(25(34)30-26(2,3)4)31(17-20-21(28)12-8-13-22(20)29)24(33)14-9-15-32(37(5,35)36)19-11-7-10-18(27)16-19/h7-8,10-13,16,23H,6,9,14-15,17H2,1-5H3,(H,30,34). The summed E-state index contributed by atoms with van der Waals surface area (Å²) in [4.78, 5) is 28.2. The highest BCUT2D eigenvalue weighted by Gasteiger charge is 2.31. The van der Waals surface area contributed by atoms with Crippen LogP contribution in [0.1, 0.15) is 52.5 Å². The Morgan fingerprint density at radius 1 is 1.03 bits per heavy atom. The van der Waals surface area contributed by atoms with E-state index in [1.165, 1.54) is 9.21 Å². The Kier molecular flexibility index (Phi) is 11.1. The van der Waals surface area contributed by atoms with E-state index in [-0.39, 0.29) is 37.7 Å². The number of halogens is 3. The maximum atomic E-state index is 13.5. The van der Waals surface area contributed by atoms with Crippen LogP contribution in [0.2, 0.25) is 15.1 Å². The van der Waals surface area contributed by atoms with Crippen LogP contribution >= 0.6 is 34.8 Å². The number of amides is 2. The second-order valence-corrected chi connectivity index (χ2v) is 13.0. The van der Waals surface area contributed by atoms with Gasteiger partial charge in [-0.3, -0.25) is 13.9 Å². The third kappa shape index (κ3) is 9.36. The summed E-state index contributed by atoms with van der Waals surface area (Å²) < 4.78 is 26.1. The number of carbonyl (C=O) groups excluding carboxylic acids is 2. The minimum Gasteiger partial charge on any atom is -0.350 e. The molecule has 0 saturated heterocycles. The van der Waals surface area contributed by atoms with Crippen LogP contribution in [0, 0.1) is 0 Å². The zero-order valence-electron chi connectivity index (χ0n) is 21.7. The lowest BCUT2D eigenvalue weighted by Gasteiger charge is -2.33. The van der Waals surface area contributed by atoms with Crippen LogP contribution in [0.4, 0.5) is 5.69 Å². The number of hydrogen-bond acceptors (Lipinski definition) is 4. The number of carbonyl (C=O) groups is 2. The summed E-state index contributed by atoms with van der Waals surface area (Å²) in [6, 6.07) is 10.8. The van der Waals surface area contributed by atoms with Crippen molar-refractivity contribution in [2.75, 3.05) is 17.1 Å². The summed E-state index contributed by atoms with van der Waals surface area (Å²) >= 11 is 18.8. The smallest absolute Gasteiger partial charge is 0.243 e. The number of nitrogens with zero attached hydrogens (tertiary/aromatic N) is 2. The molecule has 2 aromatic rings. The van der Waals surface area contributed by atoms with E-state index in [4.69, 9.17) is 34.8 Å². The maximum absolute atomic E-state index is 13.5. The summed E-state index contributed by atoms with van der Waals surface area (Å²) in [7, 11) is -3.62. The van der Waals surface area contributed by atoms with Crippen molar-refractivity contribution in [1.29, 1.82) is 0 Å². The van der Waals surface area contributed by atoms with Crippen molar-refractivity contribution in [3.63, 3.8) is 0 Å². The fraction of sp³-hybridized carbons (Fsp3) is 0.462. The van der Waals surface area contributed by atoms with E-state index in [0.717, 1.165) is 6.26 Å². The van der Waals surface area contributed by atoms with E-state index < -0.39 is 21.6 Å². The number of sulfonamides is 1. The average molecular weight is 591 g/mol. The molecule has 0 fully saturated rings. The highest BCUT2D eigenvalue weighted by atomic mass is 35.5. The van der Waals surface area contributed by atoms with Crippen molar-refractivity contribution >= 4 is 62.3 Å². The molecule has 0 heterocycles. The summed E-state index contributed by atoms with van der Waals surface area (Å²) in [5.74, 6) is -0.602. The van der Waals surface area contributed by atoms with Gasteiger partial charge in [-0.05, 0) is 63.9 Å². The zero-order chi connectivity index (χ0) is 28.0. The third-order valence-corrected chi connectivity index (χ3v) is 7.66. The molecule has 0 bridgehead atoms. The molecular weight excluding hydrogens is 557 g/mol. The molecule has 0 spiro atoms. The summed E-state index contributed by atoms with van der Waals surface area (Å²) in [6.07, 6.45) is 1.70. The number of benzene rings is 2. The first-order valence-corrected chi connectivity index (χ1v) is 14.9. The molecule has 0 aliphatic carbocycles. The maximum Gasteiger partial charge on any atom is 0.243 e. The van der Waals surface area contributed by atoms with Crippen LogP contribution < -0.4 is 9.62 Å². The summed E-state index contributed by atoms with van der Waals surface area (Å²) in [6.45, 7) is 7.53. The van der Waals surface area contributed by atoms with Crippen molar-refractivity contribution in [3.05, 3.63) is 63.1 Å². The van der Waals surface area contributed by atoms with Crippen LogP contribution in [0.5, 0.6) is 0 Å². The Morgan fingerprint density at radius 2 is 1.62 bits per heavy atom. The molecule has 0 aromatic heterocycles. The van der Waals surface area contributed by atoms with Gasteiger partial charge in [-0.2, -0.15) is 0 Å². The summed E-state index contributed by atoms with van der Waals surface area (Å²) in [5, 5.41) is 4.12. The van der Waals surface area contributed by atoms with E-state index in [2.05, 4.69) is 5.32 Å². The molecule has 0 saturated carbocycles.